The fraction of sp³-hybridized carbons (Fsp3) is 0. The first-order chi connectivity index (χ1) is 6.47. The van der Waals surface area contributed by atoms with Crippen molar-refractivity contribution in [2.75, 3.05) is 0 Å². The van der Waals surface area contributed by atoms with Gasteiger partial charge in [-0.2, -0.15) is 0 Å². The van der Waals surface area contributed by atoms with Gasteiger partial charge >= 0.3 is 0 Å². The summed E-state index contributed by atoms with van der Waals surface area (Å²) in [5.74, 6) is 0. The van der Waals surface area contributed by atoms with E-state index in [0.717, 1.165) is 0 Å². The van der Waals surface area contributed by atoms with E-state index in [1.165, 1.54) is 27.5 Å². The minimum absolute atomic E-state index is 1.35. The molecule has 60 valence electrons. The number of nitrogens with zero attached hydrogens (tertiary/aromatic N) is 1. The molecule has 1 aliphatic rings. The molecule has 2 aromatic carbocycles. The Morgan fingerprint density at radius 2 is 1.62 bits per heavy atom. The Morgan fingerprint density at radius 3 is 2.62 bits per heavy atom. The number of para-hydroxylation sites is 2. The number of aromatic nitrogens is 1. The molecule has 0 saturated carbocycles. The fourth-order valence-corrected chi connectivity index (χ4v) is 2.27. The molecule has 4 rings (SSSR count). The van der Waals surface area contributed by atoms with Crippen molar-refractivity contribution in [3.05, 3.63) is 42.5 Å². The zero-order valence-corrected chi connectivity index (χ0v) is 6.99. The van der Waals surface area contributed by atoms with Gasteiger partial charge < -0.3 is 4.57 Å². The van der Waals surface area contributed by atoms with Crippen molar-refractivity contribution >= 4 is 21.8 Å². The van der Waals surface area contributed by atoms with Crippen molar-refractivity contribution in [1.29, 1.82) is 0 Å². The van der Waals surface area contributed by atoms with Crippen molar-refractivity contribution < 1.29 is 0 Å². The van der Waals surface area contributed by atoms with Crippen molar-refractivity contribution in [3.63, 3.8) is 0 Å². The Labute approximate surface area is 75.2 Å². The summed E-state index contributed by atoms with van der Waals surface area (Å²) in [4.78, 5) is 0. The molecule has 0 unspecified atom stereocenters. The summed E-state index contributed by atoms with van der Waals surface area (Å²) in [6.07, 6.45) is 0. The van der Waals surface area contributed by atoms with Gasteiger partial charge in [0.1, 0.15) is 0 Å². The second-order valence-electron chi connectivity index (χ2n) is 3.53. The predicted octanol–water partition coefficient (Wildman–Crippen LogP) is 3.10. The van der Waals surface area contributed by atoms with E-state index < -0.39 is 0 Å². The van der Waals surface area contributed by atoms with Gasteiger partial charge in [0.05, 0.1) is 16.7 Å². The lowest BCUT2D eigenvalue weighted by Gasteiger charge is -1.94. The van der Waals surface area contributed by atoms with Gasteiger partial charge in [-0.25, -0.2) is 0 Å². The monoisotopic (exact) mass is 165 g/mol. The lowest BCUT2D eigenvalue weighted by molar-refractivity contribution is 1.37. The molecule has 1 heteroatoms. The number of benzene rings is 2. The van der Waals surface area contributed by atoms with Gasteiger partial charge in [-0.15, -0.1) is 0 Å². The topological polar surface area (TPSA) is 4.93 Å². The molecule has 0 N–H and O–H groups in total. The van der Waals surface area contributed by atoms with Crippen LogP contribution in [-0.2, 0) is 0 Å². The van der Waals surface area contributed by atoms with Gasteiger partial charge in [-0.3, -0.25) is 0 Å². The number of rotatable bonds is 0. The third-order valence-electron chi connectivity index (χ3n) is 2.86. The zero-order chi connectivity index (χ0) is 8.41. The molecule has 0 amide bonds. The maximum absolute atomic E-state index is 2.32. The van der Waals surface area contributed by atoms with Crippen LogP contribution in [0.4, 0.5) is 0 Å². The highest BCUT2D eigenvalue weighted by Crippen LogP contribution is 2.43. The van der Waals surface area contributed by atoms with Gasteiger partial charge in [-0.1, -0.05) is 30.3 Å². The molecule has 13 heavy (non-hydrogen) atoms. The molecule has 0 spiro atoms. The first-order valence-electron chi connectivity index (χ1n) is 4.49. The maximum atomic E-state index is 2.32. The molecule has 2 heterocycles. The Kier molecular flexibility index (Phi) is 0.724. The van der Waals surface area contributed by atoms with Crippen molar-refractivity contribution in [1.82, 2.24) is 4.57 Å². The third-order valence-corrected chi connectivity index (χ3v) is 2.86. The summed E-state index contributed by atoms with van der Waals surface area (Å²) in [5.41, 5.74) is 4.16. The lowest BCUT2D eigenvalue weighted by atomic mass is 10.1. The Hall–Kier alpha value is -1.76. The summed E-state index contributed by atoms with van der Waals surface area (Å²) < 4.78 is 2.32. The van der Waals surface area contributed by atoms with Crippen LogP contribution in [0.1, 0.15) is 0 Å². The molecular weight excluding hydrogens is 158 g/mol. The van der Waals surface area contributed by atoms with Gasteiger partial charge in [-0.05, 0) is 12.1 Å². The summed E-state index contributed by atoms with van der Waals surface area (Å²) in [7, 11) is 0. The van der Waals surface area contributed by atoms with E-state index in [0.29, 0.717) is 0 Å². The average molecular weight is 165 g/mol. The molecule has 0 radical (unpaired) electrons. The van der Waals surface area contributed by atoms with E-state index in [2.05, 4.69) is 47.0 Å². The molecule has 0 aliphatic carbocycles. The van der Waals surface area contributed by atoms with Crippen molar-refractivity contribution in [3.8, 4) is 5.69 Å². The maximum Gasteiger partial charge on any atom is 0.0783 e. The molecule has 0 fully saturated rings. The van der Waals surface area contributed by atoms with Crippen LogP contribution < -0.4 is 0 Å². The quantitative estimate of drug-likeness (QED) is 0.377. The van der Waals surface area contributed by atoms with Crippen LogP contribution >= 0.6 is 0 Å². The van der Waals surface area contributed by atoms with Crippen LogP contribution in [-0.4, -0.2) is 4.57 Å². The number of hydrogen-bond acceptors (Lipinski definition) is 0. The van der Waals surface area contributed by atoms with Crippen LogP contribution in [0.2, 0.25) is 0 Å². The number of fused-ring (bicyclic) bond motifs is 4. The Morgan fingerprint density at radius 1 is 0.769 bits per heavy atom. The molecular formula is C12H7N. The van der Waals surface area contributed by atoms with E-state index in [1.807, 2.05) is 0 Å². The highest BCUT2D eigenvalue weighted by Gasteiger charge is 2.24. The molecule has 0 saturated heterocycles. The van der Waals surface area contributed by atoms with Crippen LogP contribution in [0.25, 0.3) is 27.5 Å². The minimum Gasteiger partial charge on any atom is -0.305 e. The zero-order valence-electron chi connectivity index (χ0n) is 6.99. The average Bonchev–Trinajstić information content (AvgIpc) is 2.80. The predicted molar refractivity (Wildman–Crippen MR) is 54.3 cm³/mol. The molecule has 0 bridgehead atoms. The molecule has 1 aromatic heterocycles. The van der Waals surface area contributed by atoms with Crippen LogP contribution in [0.3, 0.4) is 0 Å². The highest BCUT2D eigenvalue weighted by molar-refractivity contribution is 6.18. The van der Waals surface area contributed by atoms with Gasteiger partial charge in [0.15, 0.2) is 0 Å². The smallest absolute Gasteiger partial charge is 0.0783 e. The van der Waals surface area contributed by atoms with E-state index in [1.54, 1.807) is 0 Å². The first-order valence-corrected chi connectivity index (χ1v) is 4.49. The van der Waals surface area contributed by atoms with E-state index in [9.17, 15) is 0 Å². The number of pyridine rings is 1. The summed E-state index contributed by atoms with van der Waals surface area (Å²) >= 11 is 0. The van der Waals surface area contributed by atoms with Gasteiger partial charge in [0.25, 0.3) is 0 Å². The second kappa shape index (κ2) is 1.62. The van der Waals surface area contributed by atoms with Crippen LogP contribution in [0, 0.1) is 0 Å². The summed E-state index contributed by atoms with van der Waals surface area (Å²) in [6.45, 7) is 0. The normalized spacial score (nSPS) is 12.6. The Balaban J connectivity index is 2.45. The fourth-order valence-electron chi connectivity index (χ4n) is 2.27. The first kappa shape index (κ1) is 5.81. The standard InChI is InChI=1S/C12H7N/c1-2-6-10-8(4-1)9-5-3-7-11-12(9)13(10)11/h1-7H. The lowest BCUT2D eigenvalue weighted by Crippen LogP contribution is -1.74. The third kappa shape index (κ3) is 0.501. The molecule has 0 atom stereocenters. The van der Waals surface area contributed by atoms with Crippen molar-refractivity contribution in [2.45, 2.75) is 0 Å². The largest absolute Gasteiger partial charge is 0.305 e. The summed E-state index contributed by atoms with van der Waals surface area (Å²) in [6, 6.07) is 15.1. The summed E-state index contributed by atoms with van der Waals surface area (Å²) in [5, 5.41) is 2.78. The Bertz CT molecular complexity index is 641. The van der Waals surface area contributed by atoms with Gasteiger partial charge in [0.2, 0.25) is 0 Å². The minimum atomic E-state index is 1.35. The SMILES string of the molecule is c1ccc2c(c1)c1cccc3c1n2-3. The molecule has 3 aromatic rings. The van der Waals surface area contributed by atoms with Crippen LogP contribution in [0.15, 0.2) is 42.5 Å². The van der Waals surface area contributed by atoms with E-state index >= 15 is 0 Å². The molecule has 1 aliphatic heterocycles. The molecule has 1 nitrogen and oxygen atoms in total. The van der Waals surface area contributed by atoms with Crippen molar-refractivity contribution in [2.24, 2.45) is 0 Å². The highest BCUT2D eigenvalue weighted by atomic mass is 15.1. The van der Waals surface area contributed by atoms with Crippen LogP contribution in [0.5, 0.6) is 0 Å². The second-order valence-corrected chi connectivity index (χ2v) is 3.53. The van der Waals surface area contributed by atoms with E-state index in [4.69, 9.17) is 0 Å². The van der Waals surface area contributed by atoms with E-state index in [-0.39, 0.29) is 0 Å². The number of hydrogen-bond donors (Lipinski definition) is 0. The van der Waals surface area contributed by atoms with Gasteiger partial charge in [0, 0.05) is 10.8 Å².